The molecule has 102 valence electrons. The van der Waals surface area contributed by atoms with E-state index >= 15 is 0 Å². The molecule has 1 amide bonds. The second-order valence-corrected chi connectivity index (χ2v) is 5.28. The number of nitrogens with one attached hydrogen (secondary N) is 1. The molecule has 7 heteroatoms. The number of benzene rings is 1. The fraction of sp³-hybridized carbons (Fsp3) is 0.250. The first-order chi connectivity index (χ1) is 8.80. The lowest BCUT2D eigenvalue weighted by molar-refractivity contribution is -0.118. The summed E-state index contributed by atoms with van der Waals surface area (Å²) in [5.74, 6) is 4.31. The molecular weight excluding hydrogens is 271 g/mol. The van der Waals surface area contributed by atoms with Gasteiger partial charge in [-0.2, -0.15) is 0 Å². The normalized spacial score (nSPS) is 10.5. The fourth-order valence-electron chi connectivity index (χ4n) is 1.23. The van der Waals surface area contributed by atoms with Gasteiger partial charge in [0, 0.05) is 19.9 Å². The largest absolute Gasteiger partial charge is 0.355 e. The number of halogens is 1. The number of carbonyl (C=O) groups is 1. The molecule has 1 aromatic carbocycles. The van der Waals surface area contributed by atoms with Crippen LogP contribution in [-0.4, -0.2) is 20.9 Å². The SMILES string of the molecule is CC(=O)NCCC#Cc1ccc(S(N)(=O)=O)cc1F. The summed E-state index contributed by atoms with van der Waals surface area (Å²) in [7, 11) is -3.92. The van der Waals surface area contributed by atoms with Crippen molar-refractivity contribution < 1.29 is 17.6 Å². The van der Waals surface area contributed by atoms with Gasteiger partial charge in [0.1, 0.15) is 5.82 Å². The van der Waals surface area contributed by atoms with Crippen LogP contribution >= 0.6 is 0 Å². The molecule has 0 aromatic heterocycles. The molecule has 0 aliphatic heterocycles. The number of rotatable bonds is 3. The number of sulfonamides is 1. The maximum atomic E-state index is 13.5. The summed E-state index contributed by atoms with van der Waals surface area (Å²) >= 11 is 0. The maximum absolute atomic E-state index is 13.5. The van der Waals surface area contributed by atoms with E-state index in [1.807, 2.05) is 0 Å². The number of primary sulfonamides is 1. The third-order valence-electron chi connectivity index (χ3n) is 2.12. The highest BCUT2D eigenvalue weighted by molar-refractivity contribution is 7.89. The lowest BCUT2D eigenvalue weighted by Crippen LogP contribution is -2.20. The number of nitrogens with two attached hydrogens (primary N) is 1. The van der Waals surface area contributed by atoms with Crippen molar-refractivity contribution in [3.63, 3.8) is 0 Å². The minimum Gasteiger partial charge on any atom is -0.355 e. The topological polar surface area (TPSA) is 89.3 Å². The highest BCUT2D eigenvalue weighted by atomic mass is 32.2. The van der Waals surface area contributed by atoms with E-state index in [9.17, 15) is 17.6 Å². The molecule has 0 aliphatic carbocycles. The molecular formula is C12H13FN2O3S. The van der Waals surface area contributed by atoms with Crippen molar-refractivity contribution >= 4 is 15.9 Å². The van der Waals surface area contributed by atoms with Crippen molar-refractivity contribution in [2.75, 3.05) is 6.54 Å². The third-order valence-corrected chi connectivity index (χ3v) is 3.03. The van der Waals surface area contributed by atoms with Crippen LogP contribution in [0, 0.1) is 17.7 Å². The van der Waals surface area contributed by atoms with Crippen molar-refractivity contribution in [3.8, 4) is 11.8 Å². The van der Waals surface area contributed by atoms with Gasteiger partial charge in [-0.25, -0.2) is 17.9 Å². The zero-order chi connectivity index (χ0) is 14.5. The van der Waals surface area contributed by atoms with E-state index in [2.05, 4.69) is 17.2 Å². The molecule has 0 radical (unpaired) electrons. The molecule has 0 unspecified atom stereocenters. The number of amides is 1. The van der Waals surface area contributed by atoms with E-state index in [0.717, 1.165) is 6.07 Å². The summed E-state index contributed by atoms with van der Waals surface area (Å²) < 4.78 is 35.5. The van der Waals surface area contributed by atoms with Crippen LogP contribution in [0.5, 0.6) is 0 Å². The Hall–Kier alpha value is -1.91. The Labute approximate surface area is 111 Å². The highest BCUT2D eigenvalue weighted by Crippen LogP contribution is 2.12. The Morgan fingerprint density at radius 2 is 2.16 bits per heavy atom. The van der Waals surface area contributed by atoms with Gasteiger partial charge in [0.2, 0.25) is 15.9 Å². The summed E-state index contributed by atoms with van der Waals surface area (Å²) in [5.41, 5.74) is 0.0789. The second-order valence-electron chi connectivity index (χ2n) is 3.72. The second kappa shape index (κ2) is 6.31. The van der Waals surface area contributed by atoms with Crippen molar-refractivity contribution in [1.82, 2.24) is 5.32 Å². The minimum absolute atomic E-state index is 0.0789. The van der Waals surface area contributed by atoms with E-state index < -0.39 is 15.8 Å². The predicted octanol–water partition coefficient (Wildman–Crippen LogP) is 0.351. The van der Waals surface area contributed by atoms with Gasteiger partial charge in [-0.1, -0.05) is 11.8 Å². The Bertz CT molecular complexity index is 645. The van der Waals surface area contributed by atoms with Crippen molar-refractivity contribution in [1.29, 1.82) is 0 Å². The van der Waals surface area contributed by atoms with Gasteiger partial charge in [-0.3, -0.25) is 4.79 Å². The van der Waals surface area contributed by atoms with E-state index in [1.54, 1.807) is 0 Å². The first-order valence-electron chi connectivity index (χ1n) is 5.36. The van der Waals surface area contributed by atoms with Crippen molar-refractivity contribution in [3.05, 3.63) is 29.6 Å². The van der Waals surface area contributed by atoms with Crippen molar-refractivity contribution in [2.24, 2.45) is 5.14 Å². The molecule has 1 aromatic rings. The van der Waals surface area contributed by atoms with Crippen LogP contribution in [0.15, 0.2) is 23.1 Å². The lowest BCUT2D eigenvalue weighted by atomic mass is 10.2. The van der Waals surface area contributed by atoms with Crippen LogP contribution in [0.4, 0.5) is 4.39 Å². The molecule has 0 heterocycles. The van der Waals surface area contributed by atoms with Crippen LogP contribution in [0.3, 0.4) is 0 Å². The maximum Gasteiger partial charge on any atom is 0.238 e. The summed E-state index contributed by atoms with van der Waals surface area (Å²) in [5, 5.41) is 7.42. The summed E-state index contributed by atoms with van der Waals surface area (Å²) in [4.78, 5) is 10.3. The highest BCUT2D eigenvalue weighted by Gasteiger charge is 2.10. The summed E-state index contributed by atoms with van der Waals surface area (Å²) in [6.45, 7) is 1.76. The molecule has 0 bridgehead atoms. The Morgan fingerprint density at radius 1 is 1.47 bits per heavy atom. The molecule has 0 saturated heterocycles. The van der Waals surface area contributed by atoms with E-state index in [1.165, 1.54) is 19.1 Å². The lowest BCUT2D eigenvalue weighted by Gasteiger charge is -1.99. The Balaban J connectivity index is 2.76. The smallest absolute Gasteiger partial charge is 0.238 e. The van der Waals surface area contributed by atoms with E-state index in [0.29, 0.717) is 13.0 Å². The molecule has 0 saturated carbocycles. The molecule has 0 spiro atoms. The summed E-state index contributed by atoms with van der Waals surface area (Å²) in [6, 6.07) is 3.27. The molecule has 0 fully saturated rings. The fourth-order valence-corrected chi connectivity index (χ4v) is 1.76. The number of hydrogen-bond acceptors (Lipinski definition) is 3. The van der Waals surface area contributed by atoms with E-state index in [4.69, 9.17) is 5.14 Å². The molecule has 0 atom stereocenters. The molecule has 3 N–H and O–H groups in total. The van der Waals surface area contributed by atoms with Crippen LogP contribution in [0.25, 0.3) is 0 Å². The van der Waals surface area contributed by atoms with Gasteiger partial charge in [0.05, 0.1) is 10.5 Å². The van der Waals surface area contributed by atoms with Crippen LogP contribution < -0.4 is 10.5 Å². The van der Waals surface area contributed by atoms with Crippen molar-refractivity contribution in [2.45, 2.75) is 18.2 Å². The predicted molar refractivity (Wildman–Crippen MR) is 68.0 cm³/mol. The van der Waals surface area contributed by atoms with Gasteiger partial charge in [0.25, 0.3) is 0 Å². The molecule has 1 rings (SSSR count). The average Bonchev–Trinajstić information content (AvgIpc) is 2.28. The third kappa shape index (κ3) is 5.07. The first kappa shape index (κ1) is 15.1. The molecule has 5 nitrogen and oxygen atoms in total. The van der Waals surface area contributed by atoms with Gasteiger partial charge < -0.3 is 5.32 Å². The van der Waals surface area contributed by atoms with Crippen LogP contribution in [0.2, 0.25) is 0 Å². The average molecular weight is 284 g/mol. The monoisotopic (exact) mass is 284 g/mol. The van der Waals surface area contributed by atoms with Gasteiger partial charge >= 0.3 is 0 Å². The number of carbonyl (C=O) groups excluding carboxylic acids is 1. The van der Waals surface area contributed by atoms with Crippen LogP contribution in [0.1, 0.15) is 18.9 Å². The minimum atomic E-state index is -3.92. The quantitative estimate of drug-likeness (QED) is 0.620. The molecule has 0 aliphatic rings. The summed E-state index contributed by atoms with van der Waals surface area (Å²) in [6.07, 6.45) is 0.371. The van der Waals surface area contributed by atoms with Crippen LogP contribution in [-0.2, 0) is 14.8 Å². The van der Waals surface area contributed by atoms with Gasteiger partial charge in [-0.05, 0) is 18.2 Å². The zero-order valence-electron chi connectivity index (χ0n) is 10.2. The Kier molecular flexibility index (Phi) is 5.03. The standard InChI is InChI=1S/C12H13FN2O3S/c1-9(16)15-7-3-2-4-10-5-6-11(8-12(10)13)19(14,17)18/h5-6,8H,3,7H2,1H3,(H,15,16)(H2,14,17,18). The van der Waals surface area contributed by atoms with E-state index in [-0.39, 0.29) is 16.4 Å². The Morgan fingerprint density at radius 3 is 2.68 bits per heavy atom. The zero-order valence-corrected chi connectivity index (χ0v) is 11.1. The van der Waals surface area contributed by atoms with Gasteiger partial charge in [-0.15, -0.1) is 0 Å². The number of hydrogen-bond donors (Lipinski definition) is 2. The van der Waals surface area contributed by atoms with Gasteiger partial charge in [0.15, 0.2) is 0 Å². The molecule has 19 heavy (non-hydrogen) atoms. The first-order valence-corrected chi connectivity index (χ1v) is 6.91.